The van der Waals surface area contributed by atoms with E-state index in [9.17, 15) is 4.79 Å². The van der Waals surface area contributed by atoms with Gasteiger partial charge in [0.05, 0.1) is 13.2 Å². The summed E-state index contributed by atoms with van der Waals surface area (Å²) in [6, 6.07) is 12.1. The molecule has 1 amide bonds. The maximum atomic E-state index is 12.4. The van der Waals surface area contributed by atoms with Gasteiger partial charge in [-0.15, -0.1) is 0 Å². The average molecular weight is 400 g/mol. The van der Waals surface area contributed by atoms with Crippen LogP contribution in [0.4, 0.5) is 5.69 Å². The first-order valence-corrected chi connectivity index (χ1v) is 10.2. The van der Waals surface area contributed by atoms with Crippen molar-refractivity contribution in [2.24, 2.45) is 0 Å². The van der Waals surface area contributed by atoms with Crippen molar-refractivity contribution < 1.29 is 9.53 Å². The number of halogens is 1. The molecule has 2 heterocycles. The van der Waals surface area contributed by atoms with E-state index in [1.54, 1.807) is 6.07 Å². The van der Waals surface area contributed by atoms with Gasteiger partial charge >= 0.3 is 0 Å². The molecule has 0 saturated carbocycles. The van der Waals surface area contributed by atoms with Crippen molar-refractivity contribution in [3.8, 4) is 5.75 Å². The smallest absolute Gasteiger partial charge is 0.238 e. The minimum Gasteiger partial charge on any atom is -0.493 e. The lowest BCUT2D eigenvalue weighted by molar-refractivity contribution is -0.117. The molecule has 0 radical (unpaired) electrons. The van der Waals surface area contributed by atoms with Gasteiger partial charge in [0.15, 0.2) is 0 Å². The minimum absolute atomic E-state index is 0.0115. The van der Waals surface area contributed by atoms with Crippen molar-refractivity contribution in [1.82, 2.24) is 9.80 Å². The van der Waals surface area contributed by atoms with Crippen LogP contribution in [0.5, 0.6) is 5.75 Å². The SMILES string of the molecule is Cc1ccc(Cl)cc1NC(=O)CN1CCN(Cc2ccc3c(c2)CCO3)CC1. The first kappa shape index (κ1) is 19.2. The summed E-state index contributed by atoms with van der Waals surface area (Å²) in [4.78, 5) is 17.1. The molecule has 28 heavy (non-hydrogen) atoms. The summed E-state index contributed by atoms with van der Waals surface area (Å²) in [5, 5.41) is 3.61. The molecule has 6 heteroatoms. The molecular weight excluding hydrogens is 374 g/mol. The number of nitrogens with one attached hydrogen (secondary N) is 1. The largest absolute Gasteiger partial charge is 0.493 e. The molecule has 1 N–H and O–H groups in total. The summed E-state index contributed by atoms with van der Waals surface area (Å²) in [7, 11) is 0. The first-order valence-electron chi connectivity index (χ1n) is 9.82. The Morgan fingerprint density at radius 2 is 1.89 bits per heavy atom. The van der Waals surface area contributed by atoms with E-state index in [2.05, 4.69) is 33.3 Å². The Morgan fingerprint density at radius 3 is 2.71 bits per heavy atom. The second kappa shape index (κ2) is 8.52. The molecule has 4 rings (SSSR count). The number of carbonyl (C=O) groups is 1. The molecule has 2 aromatic rings. The van der Waals surface area contributed by atoms with Gasteiger partial charge in [0.2, 0.25) is 5.91 Å². The normalized spacial score (nSPS) is 17.2. The van der Waals surface area contributed by atoms with Crippen LogP contribution in [-0.2, 0) is 17.8 Å². The van der Waals surface area contributed by atoms with Crippen LogP contribution in [0.15, 0.2) is 36.4 Å². The predicted octanol–water partition coefficient (Wildman–Crippen LogP) is 3.34. The number of piperazine rings is 1. The number of ether oxygens (including phenoxy) is 1. The Morgan fingerprint density at radius 1 is 1.11 bits per heavy atom. The molecule has 5 nitrogen and oxygen atoms in total. The minimum atomic E-state index is 0.0115. The standard InChI is InChI=1S/C22H26ClN3O2/c1-16-2-4-19(23)13-20(16)24-22(27)15-26-9-7-25(8-10-26)14-17-3-5-21-18(12-17)6-11-28-21/h2-5,12-13H,6-11,14-15H2,1H3,(H,24,27). The number of hydrogen-bond donors (Lipinski definition) is 1. The number of carbonyl (C=O) groups excluding carboxylic acids is 1. The zero-order chi connectivity index (χ0) is 19.5. The number of hydrogen-bond acceptors (Lipinski definition) is 4. The molecule has 0 aromatic heterocycles. The number of fused-ring (bicyclic) bond motifs is 1. The van der Waals surface area contributed by atoms with E-state index in [-0.39, 0.29) is 5.91 Å². The van der Waals surface area contributed by atoms with Gasteiger partial charge in [0.25, 0.3) is 0 Å². The van der Waals surface area contributed by atoms with Gasteiger partial charge in [-0.1, -0.05) is 29.8 Å². The molecule has 1 fully saturated rings. The molecule has 0 aliphatic carbocycles. The van der Waals surface area contributed by atoms with E-state index in [4.69, 9.17) is 16.3 Å². The zero-order valence-electron chi connectivity index (χ0n) is 16.2. The van der Waals surface area contributed by atoms with E-state index in [1.165, 1.54) is 11.1 Å². The van der Waals surface area contributed by atoms with Crippen LogP contribution in [0.2, 0.25) is 5.02 Å². The van der Waals surface area contributed by atoms with Crippen LogP contribution in [0.3, 0.4) is 0 Å². The van der Waals surface area contributed by atoms with Crippen LogP contribution in [0.25, 0.3) is 0 Å². The fraction of sp³-hybridized carbons (Fsp3) is 0.409. The number of aryl methyl sites for hydroxylation is 1. The highest BCUT2D eigenvalue weighted by atomic mass is 35.5. The Balaban J connectivity index is 1.25. The van der Waals surface area contributed by atoms with E-state index < -0.39 is 0 Å². The molecule has 0 atom stereocenters. The van der Waals surface area contributed by atoms with Crippen LogP contribution in [0, 0.1) is 6.92 Å². The molecule has 2 aliphatic rings. The third-order valence-corrected chi connectivity index (χ3v) is 5.70. The van der Waals surface area contributed by atoms with Crippen molar-refractivity contribution in [1.29, 1.82) is 0 Å². The Hall–Kier alpha value is -2.08. The maximum absolute atomic E-state index is 12.4. The van der Waals surface area contributed by atoms with Gasteiger partial charge in [0, 0.05) is 49.9 Å². The number of amides is 1. The quantitative estimate of drug-likeness (QED) is 0.837. The van der Waals surface area contributed by atoms with Crippen LogP contribution in [0.1, 0.15) is 16.7 Å². The number of rotatable bonds is 5. The Bertz CT molecular complexity index is 863. The van der Waals surface area contributed by atoms with Crippen molar-refractivity contribution in [2.75, 3.05) is 44.6 Å². The van der Waals surface area contributed by atoms with Gasteiger partial charge in [-0.2, -0.15) is 0 Å². The number of nitrogens with zero attached hydrogens (tertiary/aromatic N) is 2. The molecule has 0 unspecified atom stereocenters. The van der Waals surface area contributed by atoms with Gasteiger partial charge in [-0.25, -0.2) is 0 Å². The summed E-state index contributed by atoms with van der Waals surface area (Å²) in [5.41, 5.74) is 4.47. The van der Waals surface area contributed by atoms with Crippen LogP contribution >= 0.6 is 11.6 Å². The highest BCUT2D eigenvalue weighted by molar-refractivity contribution is 6.31. The van der Waals surface area contributed by atoms with Gasteiger partial charge < -0.3 is 10.1 Å². The topological polar surface area (TPSA) is 44.8 Å². The van der Waals surface area contributed by atoms with E-state index >= 15 is 0 Å². The molecule has 0 bridgehead atoms. The average Bonchev–Trinajstić information content (AvgIpc) is 3.14. The second-order valence-corrected chi connectivity index (χ2v) is 8.04. The monoisotopic (exact) mass is 399 g/mol. The van der Waals surface area contributed by atoms with Crippen molar-refractivity contribution in [3.63, 3.8) is 0 Å². The summed E-state index contributed by atoms with van der Waals surface area (Å²) >= 11 is 6.03. The highest BCUT2D eigenvalue weighted by Crippen LogP contribution is 2.26. The van der Waals surface area contributed by atoms with Crippen molar-refractivity contribution in [2.45, 2.75) is 19.9 Å². The zero-order valence-corrected chi connectivity index (χ0v) is 17.0. The maximum Gasteiger partial charge on any atom is 0.238 e. The van der Waals surface area contributed by atoms with Crippen molar-refractivity contribution >= 4 is 23.2 Å². The van der Waals surface area contributed by atoms with E-state index in [0.29, 0.717) is 11.6 Å². The summed E-state index contributed by atoms with van der Waals surface area (Å²) < 4.78 is 5.59. The molecule has 0 spiro atoms. The van der Waals surface area contributed by atoms with Crippen LogP contribution in [-0.4, -0.2) is 55.0 Å². The van der Waals surface area contributed by atoms with Crippen LogP contribution < -0.4 is 10.1 Å². The van der Waals surface area contributed by atoms with Gasteiger partial charge in [0.1, 0.15) is 5.75 Å². The third kappa shape index (κ3) is 4.66. The molecule has 1 saturated heterocycles. The second-order valence-electron chi connectivity index (χ2n) is 7.60. The summed E-state index contributed by atoms with van der Waals surface area (Å²) in [6.45, 7) is 7.87. The number of anilines is 1. The lowest BCUT2D eigenvalue weighted by Crippen LogP contribution is -2.48. The third-order valence-electron chi connectivity index (χ3n) is 5.47. The fourth-order valence-corrected chi connectivity index (χ4v) is 4.00. The molecule has 2 aliphatic heterocycles. The van der Waals surface area contributed by atoms with E-state index in [0.717, 1.165) is 62.8 Å². The van der Waals surface area contributed by atoms with Crippen molar-refractivity contribution in [3.05, 3.63) is 58.1 Å². The first-order chi connectivity index (χ1) is 13.6. The van der Waals surface area contributed by atoms with Gasteiger partial charge in [-0.3, -0.25) is 14.6 Å². The van der Waals surface area contributed by atoms with E-state index in [1.807, 2.05) is 19.1 Å². The number of benzene rings is 2. The lowest BCUT2D eigenvalue weighted by Gasteiger charge is -2.34. The summed E-state index contributed by atoms with van der Waals surface area (Å²) in [5.74, 6) is 1.05. The predicted molar refractivity (Wildman–Crippen MR) is 112 cm³/mol. The molecule has 148 valence electrons. The fourth-order valence-electron chi connectivity index (χ4n) is 3.82. The lowest BCUT2D eigenvalue weighted by atomic mass is 10.1. The van der Waals surface area contributed by atoms with Gasteiger partial charge in [-0.05, 0) is 41.8 Å². The Labute approximate surface area is 171 Å². The Kier molecular flexibility index (Phi) is 5.85. The highest BCUT2D eigenvalue weighted by Gasteiger charge is 2.20. The molecule has 2 aromatic carbocycles. The molecular formula is C22H26ClN3O2. The summed E-state index contributed by atoms with van der Waals surface area (Å²) in [6.07, 6.45) is 1.01.